The predicted octanol–water partition coefficient (Wildman–Crippen LogP) is 2.55. The molecule has 0 fully saturated rings. The SMILES string of the molecule is CC(=O)Nc1cc(C)c(S)cc1C. The van der Waals surface area contributed by atoms with Crippen molar-refractivity contribution in [3.05, 3.63) is 23.3 Å². The molecular formula is C10H13NOS. The van der Waals surface area contributed by atoms with Crippen LogP contribution in [0.4, 0.5) is 5.69 Å². The van der Waals surface area contributed by atoms with Gasteiger partial charge < -0.3 is 5.32 Å². The van der Waals surface area contributed by atoms with Gasteiger partial charge in [-0.2, -0.15) is 0 Å². The molecule has 0 aromatic heterocycles. The molecule has 0 heterocycles. The van der Waals surface area contributed by atoms with Crippen LogP contribution in [-0.2, 0) is 4.79 Å². The predicted molar refractivity (Wildman–Crippen MR) is 57.5 cm³/mol. The molecule has 0 spiro atoms. The molecule has 2 nitrogen and oxygen atoms in total. The Balaban J connectivity index is 3.08. The second kappa shape index (κ2) is 3.83. The number of thiol groups is 1. The lowest BCUT2D eigenvalue weighted by Gasteiger charge is -2.09. The third kappa shape index (κ3) is 2.49. The van der Waals surface area contributed by atoms with Crippen molar-refractivity contribution < 1.29 is 4.79 Å². The van der Waals surface area contributed by atoms with Crippen LogP contribution < -0.4 is 5.32 Å². The summed E-state index contributed by atoms with van der Waals surface area (Å²) in [6.45, 7) is 5.42. The number of nitrogens with one attached hydrogen (secondary N) is 1. The zero-order valence-corrected chi connectivity index (χ0v) is 8.90. The van der Waals surface area contributed by atoms with Crippen LogP contribution in [0, 0.1) is 13.8 Å². The maximum atomic E-state index is 10.8. The maximum Gasteiger partial charge on any atom is 0.221 e. The first-order valence-corrected chi connectivity index (χ1v) is 4.53. The molecule has 13 heavy (non-hydrogen) atoms. The van der Waals surface area contributed by atoms with Crippen LogP contribution in [0.1, 0.15) is 18.1 Å². The van der Waals surface area contributed by atoms with Gasteiger partial charge in [0.05, 0.1) is 0 Å². The average Bonchev–Trinajstić information content (AvgIpc) is 1.99. The fourth-order valence-corrected chi connectivity index (χ4v) is 1.38. The Kier molecular flexibility index (Phi) is 2.98. The van der Waals surface area contributed by atoms with E-state index in [9.17, 15) is 4.79 Å². The third-order valence-electron chi connectivity index (χ3n) is 1.85. The molecule has 0 bridgehead atoms. The molecule has 70 valence electrons. The highest BCUT2D eigenvalue weighted by Gasteiger charge is 2.02. The highest BCUT2D eigenvalue weighted by molar-refractivity contribution is 7.80. The second-order valence-corrected chi connectivity index (χ2v) is 3.62. The van der Waals surface area contributed by atoms with E-state index in [0.717, 1.165) is 21.7 Å². The highest BCUT2D eigenvalue weighted by atomic mass is 32.1. The number of carbonyl (C=O) groups excluding carboxylic acids is 1. The molecule has 0 aliphatic heterocycles. The van der Waals surface area contributed by atoms with Crippen molar-refractivity contribution in [2.75, 3.05) is 5.32 Å². The first kappa shape index (κ1) is 10.1. The summed E-state index contributed by atoms with van der Waals surface area (Å²) in [5.41, 5.74) is 2.96. The molecule has 1 rings (SSSR count). The molecule has 0 aliphatic carbocycles. The van der Waals surface area contributed by atoms with Gasteiger partial charge >= 0.3 is 0 Å². The Bertz CT molecular complexity index is 347. The number of hydrogen-bond donors (Lipinski definition) is 2. The smallest absolute Gasteiger partial charge is 0.221 e. The quantitative estimate of drug-likeness (QED) is 0.662. The van der Waals surface area contributed by atoms with E-state index in [2.05, 4.69) is 17.9 Å². The molecule has 1 aromatic carbocycles. The van der Waals surface area contributed by atoms with Crippen LogP contribution in [0.15, 0.2) is 17.0 Å². The van der Waals surface area contributed by atoms with Gasteiger partial charge in [0.2, 0.25) is 5.91 Å². The first-order valence-electron chi connectivity index (χ1n) is 4.08. The van der Waals surface area contributed by atoms with E-state index in [1.807, 2.05) is 26.0 Å². The van der Waals surface area contributed by atoms with Crippen LogP contribution in [0.25, 0.3) is 0 Å². The van der Waals surface area contributed by atoms with Gasteiger partial charge in [-0.15, -0.1) is 12.6 Å². The third-order valence-corrected chi connectivity index (χ3v) is 2.34. The number of benzene rings is 1. The van der Waals surface area contributed by atoms with Crippen molar-refractivity contribution in [1.82, 2.24) is 0 Å². The zero-order valence-electron chi connectivity index (χ0n) is 8.01. The monoisotopic (exact) mass is 195 g/mol. The molecule has 0 aliphatic rings. The largest absolute Gasteiger partial charge is 0.326 e. The van der Waals surface area contributed by atoms with Crippen molar-refractivity contribution in [2.24, 2.45) is 0 Å². The van der Waals surface area contributed by atoms with Crippen LogP contribution in [-0.4, -0.2) is 5.91 Å². The molecule has 0 saturated heterocycles. The van der Waals surface area contributed by atoms with Gasteiger partial charge in [-0.1, -0.05) is 0 Å². The lowest BCUT2D eigenvalue weighted by Crippen LogP contribution is -2.07. The van der Waals surface area contributed by atoms with E-state index in [-0.39, 0.29) is 5.91 Å². The van der Waals surface area contributed by atoms with Crippen LogP contribution in [0.5, 0.6) is 0 Å². The van der Waals surface area contributed by atoms with E-state index < -0.39 is 0 Å². The Labute approximate surface area is 83.8 Å². The normalized spacial score (nSPS) is 9.85. The molecule has 0 unspecified atom stereocenters. The molecule has 1 amide bonds. The van der Waals surface area contributed by atoms with E-state index in [4.69, 9.17) is 0 Å². The number of rotatable bonds is 1. The highest BCUT2D eigenvalue weighted by Crippen LogP contribution is 2.22. The van der Waals surface area contributed by atoms with E-state index >= 15 is 0 Å². The van der Waals surface area contributed by atoms with E-state index in [1.54, 1.807) is 0 Å². The van der Waals surface area contributed by atoms with Gasteiger partial charge in [-0.3, -0.25) is 4.79 Å². The summed E-state index contributed by atoms with van der Waals surface area (Å²) >= 11 is 4.29. The summed E-state index contributed by atoms with van der Waals surface area (Å²) < 4.78 is 0. The lowest BCUT2D eigenvalue weighted by atomic mass is 10.1. The van der Waals surface area contributed by atoms with Crippen LogP contribution >= 0.6 is 12.6 Å². The summed E-state index contributed by atoms with van der Waals surface area (Å²) in [7, 11) is 0. The van der Waals surface area contributed by atoms with Crippen LogP contribution in [0.3, 0.4) is 0 Å². The molecule has 3 heteroatoms. The number of anilines is 1. The van der Waals surface area contributed by atoms with E-state index in [0.29, 0.717) is 0 Å². The topological polar surface area (TPSA) is 29.1 Å². The number of carbonyl (C=O) groups is 1. The molecule has 1 N–H and O–H groups in total. The Morgan fingerprint density at radius 1 is 1.31 bits per heavy atom. The summed E-state index contributed by atoms with van der Waals surface area (Å²) in [6, 6.07) is 3.88. The van der Waals surface area contributed by atoms with E-state index in [1.165, 1.54) is 6.92 Å². The second-order valence-electron chi connectivity index (χ2n) is 3.13. The van der Waals surface area contributed by atoms with Crippen LogP contribution in [0.2, 0.25) is 0 Å². The van der Waals surface area contributed by atoms with Crippen molar-refractivity contribution in [3.8, 4) is 0 Å². The standard InChI is InChI=1S/C10H13NOS/c1-6-5-10(13)7(2)4-9(6)11-8(3)12/h4-5,13H,1-3H3,(H,11,12). The maximum absolute atomic E-state index is 10.8. The van der Waals surface area contributed by atoms with Gasteiger partial charge in [0, 0.05) is 17.5 Å². The van der Waals surface area contributed by atoms with Crippen molar-refractivity contribution in [3.63, 3.8) is 0 Å². The van der Waals surface area contributed by atoms with Gasteiger partial charge in [-0.05, 0) is 37.1 Å². The molecule has 1 aromatic rings. The number of aryl methyl sites for hydroxylation is 2. The van der Waals surface area contributed by atoms with Crippen molar-refractivity contribution >= 4 is 24.2 Å². The summed E-state index contributed by atoms with van der Waals surface area (Å²) in [5, 5.41) is 2.77. The lowest BCUT2D eigenvalue weighted by molar-refractivity contribution is -0.114. The van der Waals surface area contributed by atoms with Gasteiger partial charge in [0.15, 0.2) is 0 Å². The minimum Gasteiger partial charge on any atom is -0.326 e. The van der Waals surface area contributed by atoms with Gasteiger partial charge in [0.1, 0.15) is 0 Å². The minimum absolute atomic E-state index is 0.0468. The fourth-order valence-electron chi connectivity index (χ4n) is 1.13. The summed E-state index contributed by atoms with van der Waals surface area (Å²) in [6.07, 6.45) is 0. The summed E-state index contributed by atoms with van der Waals surface area (Å²) in [5.74, 6) is -0.0468. The van der Waals surface area contributed by atoms with Crippen molar-refractivity contribution in [2.45, 2.75) is 25.7 Å². The Morgan fingerprint density at radius 2 is 1.92 bits per heavy atom. The molecule has 0 atom stereocenters. The minimum atomic E-state index is -0.0468. The molecular weight excluding hydrogens is 182 g/mol. The molecule has 0 radical (unpaired) electrons. The van der Waals surface area contributed by atoms with Gasteiger partial charge in [-0.25, -0.2) is 0 Å². The zero-order chi connectivity index (χ0) is 10.0. The summed E-state index contributed by atoms with van der Waals surface area (Å²) in [4.78, 5) is 11.8. The number of amides is 1. The Hall–Kier alpha value is -0.960. The van der Waals surface area contributed by atoms with Gasteiger partial charge in [0.25, 0.3) is 0 Å². The van der Waals surface area contributed by atoms with Crippen molar-refractivity contribution in [1.29, 1.82) is 0 Å². The number of hydrogen-bond acceptors (Lipinski definition) is 2. The Morgan fingerprint density at radius 3 is 2.46 bits per heavy atom. The first-order chi connectivity index (χ1) is 6.00. The average molecular weight is 195 g/mol. The fraction of sp³-hybridized carbons (Fsp3) is 0.300. The molecule has 0 saturated carbocycles.